The summed E-state index contributed by atoms with van der Waals surface area (Å²) in [6.07, 6.45) is 3.42. The van der Waals surface area contributed by atoms with Crippen LogP contribution < -0.4 is 4.74 Å². The van der Waals surface area contributed by atoms with Gasteiger partial charge in [-0.05, 0) is 66.9 Å². The van der Waals surface area contributed by atoms with Gasteiger partial charge in [-0.2, -0.15) is 0 Å². The minimum atomic E-state index is -0.453. The molecule has 0 saturated carbocycles. The third kappa shape index (κ3) is 5.51. The molecular weight excluding hydrogens is 465 g/mol. The number of methoxy groups -OCH3 is 1. The number of benzene rings is 2. The average Bonchev–Trinajstić information content (AvgIpc) is 3.29. The number of aryl methyl sites for hydroxylation is 2. The lowest BCUT2D eigenvalue weighted by Gasteiger charge is -2.18. The molecule has 0 aliphatic rings. The zero-order valence-electron chi connectivity index (χ0n) is 20.0. The van der Waals surface area contributed by atoms with Crippen molar-refractivity contribution in [3.05, 3.63) is 83.4 Å². The molecule has 9 heteroatoms. The molecule has 1 amide bonds. The van der Waals surface area contributed by atoms with E-state index in [0.29, 0.717) is 16.5 Å². The van der Waals surface area contributed by atoms with Gasteiger partial charge in [0, 0.05) is 31.5 Å². The van der Waals surface area contributed by atoms with Crippen molar-refractivity contribution in [2.24, 2.45) is 0 Å². The molecule has 0 fully saturated rings. The lowest BCUT2D eigenvalue weighted by molar-refractivity contribution is -0.127. The summed E-state index contributed by atoms with van der Waals surface area (Å²) in [6.45, 7) is 4.41. The van der Waals surface area contributed by atoms with E-state index in [1.807, 2.05) is 22.8 Å². The first-order valence-electron chi connectivity index (χ1n) is 11.0. The highest BCUT2D eigenvalue weighted by molar-refractivity contribution is 7.99. The summed E-state index contributed by atoms with van der Waals surface area (Å²) in [6, 6.07) is 14.6. The maximum atomic E-state index is 14.0. The topological polar surface area (TPSA) is 73.1 Å². The summed E-state index contributed by atoms with van der Waals surface area (Å²) in [7, 11) is 3.11. The third-order valence-electron chi connectivity index (χ3n) is 5.71. The lowest BCUT2D eigenvalue weighted by atomic mass is 10.1. The molecule has 180 valence electrons. The largest absolute Gasteiger partial charge is 0.494 e. The van der Waals surface area contributed by atoms with E-state index in [1.54, 1.807) is 36.5 Å². The Morgan fingerprint density at radius 2 is 1.83 bits per heavy atom. The van der Waals surface area contributed by atoms with Crippen molar-refractivity contribution in [1.82, 2.24) is 24.6 Å². The molecule has 2 heterocycles. The summed E-state index contributed by atoms with van der Waals surface area (Å²) < 4.78 is 20.9. The third-order valence-corrected chi connectivity index (χ3v) is 6.62. The van der Waals surface area contributed by atoms with Crippen molar-refractivity contribution >= 4 is 17.7 Å². The van der Waals surface area contributed by atoms with E-state index < -0.39 is 5.82 Å². The number of aromatic nitrogens is 4. The second-order valence-electron chi connectivity index (χ2n) is 8.15. The van der Waals surface area contributed by atoms with Gasteiger partial charge in [-0.3, -0.25) is 14.3 Å². The number of carbonyl (C=O) groups excluding carboxylic acids is 1. The van der Waals surface area contributed by atoms with Crippen LogP contribution >= 0.6 is 11.8 Å². The Morgan fingerprint density at radius 1 is 1.06 bits per heavy atom. The van der Waals surface area contributed by atoms with Crippen molar-refractivity contribution in [2.75, 3.05) is 19.9 Å². The van der Waals surface area contributed by atoms with Crippen molar-refractivity contribution in [3.8, 4) is 22.8 Å². The Balaban J connectivity index is 1.55. The number of thioether (sulfide) groups is 1. The van der Waals surface area contributed by atoms with Gasteiger partial charge in [0.1, 0.15) is 0 Å². The maximum Gasteiger partial charge on any atom is 0.233 e. The highest BCUT2D eigenvalue weighted by Crippen LogP contribution is 2.29. The first kappa shape index (κ1) is 24.4. The molecule has 7 nitrogen and oxygen atoms in total. The molecule has 4 rings (SSSR count). The molecule has 0 radical (unpaired) electrons. The first-order valence-corrected chi connectivity index (χ1v) is 12.0. The van der Waals surface area contributed by atoms with Crippen molar-refractivity contribution in [1.29, 1.82) is 0 Å². The molecule has 35 heavy (non-hydrogen) atoms. The van der Waals surface area contributed by atoms with Gasteiger partial charge in [0.25, 0.3) is 0 Å². The van der Waals surface area contributed by atoms with Crippen LogP contribution in [0.5, 0.6) is 5.75 Å². The van der Waals surface area contributed by atoms with Crippen molar-refractivity contribution in [3.63, 3.8) is 0 Å². The summed E-state index contributed by atoms with van der Waals surface area (Å²) in [5, 5.41) is 9.41. The predicted molar refractivity (Wildman–Crippen MR) is 134 cm³/mol. The minimum Gasteiger partial charge on any atom is -0.494 e. The van der Waals surface area contributed by atoms with Crippen molar-refractivity contribution in [2.45, 2.75) is 25.5 Å². The SMILES string of the molecule is COc1ccc(CN(C)C(=O)CSc2nnc(-c3ccncc3)n2-c2ccc(C)c(C)c2)cc1F. The highest BCUT2D eigenvalue weighted by Gasteiger charge is 2.19. The number of ether oxygens (including phenoxy) is 1. The van der Waals surface area contributed by atoms with E-state index >= 15 is 0 Å². The van der Waals surface area contributed by atoms with Crippen LogP contribution in [-0.2, 0) is 11.3 Å². The van der Waals surface area contributed by atoms with Gasteiger partial charge < -0.3 is 9.64 Å². The number of pyridine rings is 1. The number of hydrogen-bond donors (Lipinski definition) is 0. The smallest absolute Gasteiger partial charge is 0.233 e. The number of carbonyl (C=O) groups is 1. The fraction of sp³-hybridized carbons (Fsp3) is 0.231. The fourth-order valence-corrected chi connectivity index (χ4v) is 4.45. The van der Waals surface area contributed by atoms with Crippen LogP contribution in [0.2, 0.25) is 0 Å². The Labute approximate surface area is 208 Å². The van der Waals surface area contributed by atoms with Crippen LogP contribution in [0, 0.1) is 19.7 Å². The van der Waals surface area contributed by atoms with Crippen LogP contribution in [0.25, 0.3) is 17.1 Å². The van der Waals surface area contributed by atoms with E-state index in [9.17, 15) is 9.18 Å². The van der Waals surface area contributed by atoms with Crippen LogP contribution in [0.1, 0.15) is 16.7 Å². The van der Waals surface area contributed by atoms with Crippen molar-refractivity contribution < 1.29 is 13.9 Å². The highest BCUT2D eigenvalue weighted by atomic mass is 32.2. The minimum absolute atomic E-state index is 0.105. The van der Waals surface area contributed by atoms with Gasteiger partial charge in [0.05, 0.1) is 18.6 Å². The second-order valence-corrected chi connectivity index (χ2v) is 9.10. The van der Waals surface area contributed by atoms with Gasteiger partial charge in [-0.15, -0.1) is 10.2 Å². The second kappa shape index (κ2) is 10.7. The average molecular weight is 492 g/mol. The predicted octanol–water partition coefficient (Wildman–Crippen LogP) is 4.84. The number of hydrogen-bond acceptors (Lipinski definition) is 6. The monoisotopic (exact) mass is 491 g/mol. The first-order chi connectivity index (χ1) is 16.9. The number of amides is 1. The standard InChI is InChI=1S/C26H26FN5O2S/c1-17-5-7-21(13-18(17)2)32-25(20-9-11-28-12-10-20)29-30-26(32)35-16-24(33)31(3)15-19-6-8-23(34-4)22(27)14-19/h5-14H,15-16H2,1-4H3. The summed E-state index contributed by atoms with van der Waals surface area (Å²) in [4.78, 5) is 18.5. The molecule has 0 unspecified atom stereocenters. The summed E-state index contributed by atoms with van der Waals surface area (Å²) >= 11 is 1.31. The zero-order chi connectivity index (χ0) is 24.9. The zero-order valence-corrected chi connectivity index (χ0v) is 20.8. The van der Waals surface area contributed by atoms with E-state index in [0.717, 1.165) is 16.8 Å². The van der Waals surface area contributed by atoms with Crippen LogP contribution in [-0.4, -0.2) is 50.5 Å². The van der Waals surface area contributed by atoms with Gasteiger partial charge in [-0.25, -0.2) is 4.39 Å². The molecule has 0 saturated heterocycles. The lowest BCUT2D eigenvalue weighted by Crippen LogP contribution is -2.28. The Bertz CT molecular complexity index is 1340. The molecule has 0 aliphatic heterocycles. The Hall–Kier alpha value is -3.72. The number of rotatable bonds is 8. The quantitative estimate of drug-likeness (QED) is 0.328. The van der Waals surface area contributed by atoms with Gasteiger partial charge in [0.2, 0.25) is 5.91 Å². The fourth-order valence-electron chi connectivity index (χ4n) is 3.56. The molecule has 0 spiro atoms. The summed E-state index contributed by atoms with van der Waals surface area (Å²) in [5.74, 6) is 0.451. The van der Waals surface area contributed by atoms with Crippen LogP contribution in [0.4, 0.5) is 4.39 Å². The Kier molecular flexibility index (Phi) is 7.45. The van der Waals surface area contributed by atoms with E-state index in [2.05, 4.69) is 41.2 Å². The van der Waals surface area contributed by atoms with E-state index in [-0.39, 0.29) is 24.0 Å². The molecule has 2 aromatic carbocycles. The van der Waals surface area contributed by atoms with Crippen LogP contribution in [0.15, 0.2) is 66.1 Å². The summed E-state index contributed by atoms with van der Waals surface area (Å²) in [5.41, 5.74) is 4.82. The molecule has 2 aromatic heterocycles. The Morgan fingerprint density at radius 3 is 2.51 bits per heavy atom. The molecular formula is C26H26FN5O2S. The molecule has 4 aromatic rings. The molecule has 0 N–H and O–H groups in total. The number of nitrogens with zero attached hydrogens (tertiary/aromatic N) is 5. The van der Waals surface area contributed by atoms with Gasteiger partial charge in [0.15, 0.2) is 22.5 Å². The number of halogens is 1. The van der Waals surface area contributed by atoms with E-state index in [4.69, 9.17) is 4.74 Å². The van der Waals surface area contributed by atoms with Gasteiger partial charge in [-0.1, -0.05) is 23.9 Å². The molecule has 0 aliphatic carbocycles. The van der Waals surface area contributed by atoms with Crippen LogP contribution in [0.3, 0.4) is 0 Å². The van der Waals surface area contributed by atoms with E-state index in [1.165, 1.54) is 30.5 Å². The van der Waals surface area contributed by atoms with Gasteiger partial charge >= 0.3 is 0 Å². The molecule has 0 atom stereocenters. The maximum absolute atomic E-state index is 14.0. The molecule has 0 bridgehead atoms. The normalized spacial score (nSPS) is 10.9.